The summed E-state index contributed by atoms with van der Waals surface area (Å²) in [5, 5.41) is 16.1. The molecule has 4 nitrogen and oxygen atoms in total. The number of benzene rings is 1. The smallest absolute Gasteiger partial charge is 0.319 e. The number of anilines is 1. The van der Waals surface area contributed by atoms with Crippen molar-refractivity contribution < 1.29 is 9.90 Å². The van der Waals surface area contributed by atoms with Crippen molar-refractivity contribution in [3.8, 4) is 0 Å². The first kappa shape index (κ1) is 16.1. The normalized spacial score (nSPS) is 12.2. The maximum Gasteiger partial charge on any atom is 0.319 e. The van der Waals surface area contributed by atoms with Gasteiger partial charge in [-0.1, -0.05) is 23.2 Å². The lowest BCUT2D eigenvalue weighted by molar-refractivity contribution is 0.00185. The zero-order valence-corrected chi connectivity index (χ0v) is 12.9. The van der Waals surface area contributed by atoms with Gasteiger partial charge < -0.3 is 15.7 Å². The summed E-state index contributed by atoms with van der Waals surface area (Å²) in [5.74, 6) is 0. The first-order valence-electron chi connectivity index (χ1n) is 5.79. The fourth-order valence-electron chi connectivity index (χ4n) is 1.17. The van der Waals surface area contributed by atoms with Crippen LogP contribution in [0, 0.1) is 0 Å². The second-order valence-electron chi connectivity index (χ2n) is 5.39. The Bertz CT molecular complexity index is 482. The van der Waals surface area contributed by atoms with Crippen LogP contribution in [-0.2, 0) is 0 Å². The Hall–Kier alpha value is -0.970. The minimum absolute atomic E-state index is 0.362. The van der Waals surface area contributed by atoms with E-state index < -0.39 is 17.2 Å². The highest BCUT2D eigenvalue weighted by atomic mass is 35.5. The van der Waals surface area contributed by atoms with Crippen LogP contribution in [0.5, 0.6) is 0 Å². The predicted molar refractivity (Wildman–Crippen MR) is 79.0 cm³/mol. The topological polar surface area (TPSA) is 61.4 Å². The number of nitrogens with one attached hydrogen (secondary N) is 2. The van der Waals surface area contributed by atoms with Gasteiger partial charge in [0.25, 0.3) is 0 Å². The molecule has 0 aliphatic heterocycles. The second kappa shape index (κ2) is 5.57. The molecule has 1 aromatic carbocycles. The van der Waals surface area contributed by atoms with Gasteiger partial charge in [-0.25, -0.2) is 4.79 Å². The molecule has 2 amide bonds. The monoisotopic (exact) mass is 304 g/mol. The summed E-state index contributed by atoms with van der Waals surface area (Å²) in [6.07, 6.45) is 0. The number of hydrogen-bond acceptors (Lipinski definition) is 2. The molecule has 3 N–H and O–H groups in total. The van der Waals surface area contributed by atoms with Crippen LogP contribution in [0.3, 0.4) is 0 Å². The average molecular weight is 305 g/mol. The van der Waals surface area contributed by atoms with Crippen LogP contribution in [0.1, 0.15) is 27.7 Å². The molecule has 0 atom stereocenters. The lowest BCUT2D eigenvalue weighted by atomic mass is 9.86. The molecule has 19 heavy (non-hydrogen) atoms. The van der Waals surface area contributed by atoms with Crippen molar-refractivity contribution in [2.75, 3.05) is 5.32 Å². The summed E-state index contributed by atoms with van der Waals surface area (Å²) in [6, 6.07) is 4.37. The Labute approximate surface area is 123 Å². The average Bonchev–Trinajstić information content (AvgIpc) is 2.21. The molecule has 0 saturated carbocycles. The molecule has 0 aliphatic rings. The summed E-state index contributed by atoms with van der Waals surface area (Å²) in [7, 11) is 0. The molecular formula is C13H18Cl2N2O2. The molecule has 1 aromatic rings. The van der Waals surface area contributed by atoms with Gasteiger partial charge in [-0.3, -0.25) is 0 Å². The van der Waals surface area contributed by atoms with Crippen molar-refractivity contribution in [2.45, 2.75) is 38.8 Å². The third-order valence-corrected chi connectivity index (χ3v) is 3.87. The molecule has 0 spiro atoms. The van der Waals surface area contributed by atoms with Crippen LogP contribution < -0.4 is 10.6 Å². The Kier molecular flexibility index (Phi) is 4.72. The number of carbonyl (C=O) groups excluding carboxylic acids is 1. The lowest BCUT2D eigenvalue weighted by Crippen LogP contribution is -2.58. The fourth-order valence-corrected chi connectivity index (χ4v) is 1.47. The van der Waals surface area contributed by atoms with Crippen LogP contribution in [0.4, 0.5) is 10.5 Å². The summed E-state index contributed by atoms with van der Waals surface area (Å²) in [5.41, 5.74) is -1.31. The lowest BCUT2D eigenvalue weighted by Gasteiger charge is -2.37. The standard InChI is InChI=1S/C13H18Cl2N2O2/c1-12(2,13(3,4)19)17-11(18)16-8-5-6-9(14)10(15)7-8/h5-7,19H,1-4H3,(H2,16,17,18). The number of urea groups is 1. The number of halogens is 2. The van der Waals surface area contributed by atoms with Gasteiger partial charge in [0.2, 0.25) is 0 Å². The zero-order valence-electron chi connectivity index (χ0n) is 11.3. The van der Waals surface area contributed by atoms with Crippen LogP contribution >= 0.6 is 23.2 Å². The fraction of sp³-hybridized carbons (Fsp3) is 0.462. The van der Waals surface area contributed by atoms with Crippen molar-refractivity contribution in [1.82, 2.24) is 5.32 Å². The Morgan fingerprint density at radius 1 is 1.16 bits per heavy atom. The number of hydrogen-bond donors (Lipinski definition) is 3. The molecule has 0 aliphatic carbocycles. The molecule has 0 fully saturated rings. The molecule has 0 aromatic heterocycles. The quantitative estimate of drug-likeness (QED) is 0.798. The highest BCUT2D eigenvalue weighted by molar-refractivity contribution is 6.42. The van der Waals surface area contributed by atoms with E-state index in [4.69, 9.17) is 23.2 Å². The first-order chi connectivity index (χ1) is 8.53. The van der Waals surface area contributed by atoms with Gasteiger partial charge in [-0.2, -0.15) is 0 Å². The summed E-state index contributed by atoms with van der Waals surface area (Å²) in [4.78, 5) is 11.9. The Morgan fingerprint density at radius 2 is 1.74 bits per heavy atom. The van der Waals surface area contributed by atoms with Gasteiger partial charge >= 0.3 is 6.03 Å². The predicted octanol–water partition coefficient (Wildman–Crippen LogP) is 3.66. The second-order valence-corrected chi connectivity index (χ2v) is 6.21. The molecular weight excluding hydrogens is 287 g/mol. The number of rotatable bonds is 3. The zero-order chi connectivity index (χ0) is 14.8. The van der Waals surface area contributed by atoms with E-state index in [0.29, 0.717) is 15.7 Å². The Balaban J connectivity index is 2.73. The minimum Gasteiger partial charge on any atom is -0.388 e. The van der Waals surface area contributed by atoms with E-state index in [-0.39, 0.29) is 0 Å². The van der Waals surface area contributed by atoms with Crippen molar-refractivity contribution in [2.24, 2.45) is 0 Å². The van der Waals surface area contributed by atoms with E-state index >= 15 is 0 Å². The van der Waals surface area contributed by atoms with Gasteiger partial charge in [-0.15, -0.1) is 0 Å². The SMILES string of the molecule is CC(C)(O)C(C)(C)NC(=O)Nc1ccc(Cl)c(Cl)c1. The van der Waals surface area contributed by atoms with Crippen molar-refractivity contribution in [1.29, 1.82) is 0 Å². The van der Waals surface area contributed by atoms with E-state index in [1.54, 1.807) is 45.9 Å². The summed E-state index contributed by atoms with van der Waals surface area (Å²) in [6.45, 7) is 6.74. The molecule has 106 valence electrons. The van der Waals surface area contributed by atoms with Crippen LogP contribution in [0.15, 0.2) is 18.2 Å². The van der Waals surface area contributed by atoms with Crippen LogP contribution in [0.25, 0.3) is 0 Å². The molecule has 0 heterocycles. The van der Waals surface area contributed by atoms with Crippen LogP contribution in [-0.4, -0.2) is 22.3 Å². The maximum atomic E-state index is 11.9. The summed E-state index contributed by atoms with van der Waals surface area (Å²) >= 11 is 11.6. The van der Waals surface area contributed by atoms with Gasteiger partial charge in [0, 0.05) is 5.69 Å². The molecule has 0 bridgehead atoms. The molecule has 0 unspecified atom stereocenters. The highest BCUT2D eigenvalue weighted by Gasteiger charge is 2.36. The largest absolute Gasteiger partial charge is 0.388 e. The van der Waals surface area contributed by atoms with E-state index in [0.717, 1.165) is 0 Å². The molecule has 0 saturated heterocycles. The van der Waals surface area contributed by atoms with E-state index in [2.05, 4.69) is 10.6 Å². The van der Waals surface area contributed by atoms with Gasteiger partial charge in [0.05, 0.1) is 21.2 Å². The van der Waals surface area contributed by atoms with Crippen molar-refractivity contribution in [3.05, 3.63) is 28.2 Å². The third-order valence-electron chi connectivity index (χ3n) is 3.13. The van der Waals surface area contributed by atoms with Crippen molar-refractivity contribution in [3.63, 3.8) is 0 Å². The maximum absolute atomic E-state index is 11.9. The molecule has 0 radical (unpaired) electrons. The molecule has 1 rings (SSSR count). The highest BCUT2D eigenvalue weighted by Crippen LogP contribution is 2.25. The van der Waals surface area contributed by atoms with Crippen molar-refractivity contribution >= 4 is 34.9 Å². The van der Waals surface area contributed by atoms with E-state index in [1.165, 1.54) is 0 Å². The number of aliphatic hydroxyl groups is 1. The first-order valence-corrected chi connectivity index (χ1v) is 6.55. The van der Waals surface area contributed by atoms with Gasteiger partial charge in [0.1, 0.15) is 0 Å². The minimum atomic E-state index is -1.05. The number of amides is 2. The van der Waals surface area contributed by atoms with Gasteiger partial charge in [0.15, 0.2) is 0 Å². The molecule has 6 heteroatoms. The summed E-state index contributed by atoms with van der Waals surface area (Å²) < 4.78 is 0. The van der Waals surface area contributed by atoms with E-state index in [1.807, 2.05) is 0 Å². The Morgan fingerprint density at radius 3 is 2.21 bits per heavy atom. The third kappa shape index (κ3) is 4.27. The van der Waals surface area contributed by atoms with Gasteiger partial charge in [-0.05, 0) is 45.9 Å². The number of carbonyl (C=O) groups is 1. The van der Waals surface area contributed by atoms with Crippen LogP contribution in [0.2, 0.25) is 10.0 Å². The van der Waals surface area contributed by atoms with E-state index in [9.17, 15) is 9.90 Å².